The van der Waals surface area contributed by atoms with Crippen molar-refractivity contribution >= 4 is 11.7 Å². The second-order valence-corrected chi connectivity index (χ2v) is 5.72. The van der Waals surface area contributed by atoms with Gasteiger partial charge in [0.25, 0.3) is 0 Å². The number of hydrogen-bond donors (Lipinski definition) is 1. The Hall–Kier alpha value is -2.08. The topological polar surface area (TPSA) is 73.9 Å². The smallest absolute Gasteiger partial charge is 0.220 e. The average Bonchev–Trinajstić information content (AvgIpc) is 3.11. The van der Waals surface area contributed by atoms with E-state index in [2.05, 4.69) is 5.32 Å². The number of rotatable bonds is 6. The molecule has 6 nitrogen and oxygen atoms in total. The van der Waals surface area contributed by atoms with Crippen LogP contribution in [-0.2, 0) is 9.53 Å². The molecular weight excluding hydrogens is 298 g/mol. The Morgan fingerprint density at radius 3 is 2.70 bits per heavy atom. The minimum Gasteiger partial charge on any atom is -0.486 e. The third kappa shape index (κ3) is 4.22. The minimum absolute atomic E-state index is 0.0748. The van der Waals surface area contributed by atoms with E-state index in [-0.39, 0.29) is 30.6 Å². The molecule has 0 aromatic heterocycles. The summed E-state index contributed by atoms with van der Waals surface area (Å²) in [6.45, 7) is 2.29. The molecule has 1 atom stereocenters. The van der Waals surface area contributed by atoms with E-state index in [1.165, 1.54) is 0 Å². The van der Waals surface area contributed by atoms with Crippen molar-refractivity contribution in [3.63, 3.8) is 0 Å². The van der Waals surface area contributed by atoms with Gasteiger partial charge in [0.2, 0.25) is 5.91 Å². The fourth-order valence-electron chi connectivity index (χ4n) is 2.71. The fourth-order valence-corrected chi connectivity index (χ4v) is 2.71. The highest BCUT2D eigenvalue weighted by Gasteiger charge is 2.18. The van der Waals surface area contributed by atoms with Gasteiger partial charge in [-0.3, -0.25) is 9.59 Å². The molecule has 0 radical (unpaired) electrons. The van der Waals surface area contributed by atoms with E-state index < -0.39 is 0 Å². The first-order valence-electron chi connectivity index (χ1n) is 8.03. The third-order valence-corrected chi connectivity index (χ3v) is 3.99. The summed E-state index contributed by atoms with van der Waals surface area (Å²) in [4.78, 5) is 24.0. The maximum absolute atomic E-state index is 12.2. The van der Waals surface area contributed by atoms with E-state index >= 15 is 0 Å². The van der Waals surface area contributed by atoms with Crippen molar-refractivity contribution in [3.05, 3.63) is 23.8 Å². The summed E-state index contributed by atoms with van der Waals surface area (Å²) >= 11 is 0. The van der Waals surface area contributed by atoms with Crippen LogP contribution in [0, 0.1) is 0 Å². The standard InChI is InChI=1S/C17H21NO5/c19-14(4-6-17(20)18-11-13-2-1-7-21-13)12-3-5-15-16(10-12)23-9-8-22-15/h3,5,10,13H,1-2,4,6-9,11H2,(H,18,20)/t13-/m1/s1. The molecule has 0 bridgehead atoms. The molecule has 2 heterocycles. The van der Waals surface area contributed by atoms with Crippen LogP contribution in [0.4, 0.5) is 0 Å². The number of hydrogen-bond acceptors (Lipinski definition) is 5. The van der Waals surface area contributed by atoms with Crippen molar-refractivity contribution in [2.24, 2.45) is 0 Å². The summed E-state index contributed by atoms with van der Waals surface area (Å²) in [6.07, 6.45) is 2.50. The molecule has 3 rings (SSSR count). The van der Waals surface area contributed by atoms with E-state index in [0.717, 1.165) is 19.4 Å². The molecule has 2 aliphatic heterocycles. The summed E-state index contributed by atoms with van der Waals surface area (Å²) in [7, 11) is 0. The monoisotopic (exact) mass is 319 g/mol. The molecule has 124 valence electrons. The predicted octanol–water partition coefficient (Wildman–Crippen LogP) is 1.72. The van der Waals surface area contributed by atoms with Crippen LogP contribution in [0.25, 0.3) is 0 Å². The number of amides is 1. The van der Waals surface area contributed by atoms with Gasteiger partial charge in [0.1, 0.15) is 13.2 Å². The van der Waals surface area contributed by atoms with E-state index in [4.69, 9.17) is 14.2 Å². The largest absolute Gasteiger partial charge is 0.486 e. The van der Waals surface area contributed by atoms with Crippen LogP contribution in [0.15, 0.2) is 18.2 Å². The van der Waals surface area contributed by atoms with Crippen molar-refractivity contribution in [1.82, 2.24) is 5.32 Å². The van der Waals surface area contributed by atoms with Crippen LogP contribution in [-0.4, -0.2) is 44.2 Å². The van der Waals surface area contributed by atoms with Gasteiger partial charge in [0.15, 0.2) is 17.3 Å². The number of carbonyl (C=O) groups excluding carboxylic acids is 2. The lowest BCUT2D eigenvalue weighted by Crippen LogP contribution is -2.31. The maximum atomic E-state index is 12.2. The zero-order valence-corrected chi connectivity index (χ0v) is 13.0. The van der Waals surface area contributed by atoms with E-state index in [1.807, 2.05) is 0 Å². The van der Waals surface area contributed by atoms with Crippen LogP contribution >= 0.6 is 0 Å². The average molecular weight is 319 g/mol. The number of nitrogens with one attached hydrogen (secondary N) is 1. The molecule has 0 saturated carbocycles. The summed E-state index contributed by atoms with van der Waals surface area (Å²) in [5, 5.41) is 2.82. The molecule has 1 N–H and O–H groups in total. The molecule has 1 fully saturated rings. The lowest BCUT2D eigenvalue weighted by atomic mass is 10.1. The third-order valence-electron chi connectivity index (χ3n) is 3.99. The zero-order valence-electron chi connectivity index (χ0n) is 13.0. The first-order chi connectivity index (χ1) is 11.2. The summed E-state index contributed by atoms with van der Waals surface area (Å²) < 4.78 is 16.3. The van der Waals surface area contributed by atoms with Gasteiger partial charge in [-0.25, -0.2) is 0 Å². The number of ketones is 1. The highest BCUT2D eigenvalue weighted by atomic mass is 16.6. The molecule has 0 aliphatic carbocycles. The molecule has 23 heavy (non-hydrogen) atoms. The summed E-state index contributed by atoms with van der Waals surface area (Å²) in [5.74, 6) is 1.05. The number of ether oxygens (including phenoxy) is 3. The molecule has 1 aromatic carbocycles. The number of fused-ring (bicyclic) bond motifs is 1. The molecule has 1 aromatic rings. The molecule has 0 spiro atoms. The first-order valence-corrected chi connectivity index (χ1v) is 8.03. The second kappa shape index (κ2) is 7.46. The van der Waals surface area contributed by atoms with Gasteiger partial charge >= 0.3 is 0 Å². The lowest BCUT2D eigenvalue weighted by Gasteiger charge is -2.18. The van der Waals surface area contributed by atoms with Crippen molar-refractivity contribution in [3.8, 4) is 11.5 Å². The van der Waals surface area contributed by atoms with Gasteiger partial charge in [0, 0.05) is 31.6 Å². The van der Waals surface area contributed by atoms with Gasteiger partial charge in [-0.2, -0.15) is 0 Å². The Labute approximate surface area is 135 Å². The Bertz CT molecular complexity index is 580. The van der Waals surface area contributed by atoms with Crippen LogP contribution in [0.2, 0.25) is 0 Å². The SMILES string of the molecule is O=C(CCC(=O)c1ccc2c(c1)OCCO2)NC[C@H]1CCCO1. The van der Waals surface area contributed by atoms with Gasteiger partial charge in [0.05, 0.1) is 6.10 Å². The first kappa shape index (κ1) is 15.8. The van der Waals surface area contributed by atoms with Crippen LogP contribution in [0.3, 0.4) is 0 Å². The number of carbonyl (C=O) groups is 2. The van der Waals surface area contributed by atoms with E-state index in [0.29, 0.717) is 36.8 Å². The second-order valence-electron chi connectivity index (χ2n) is 5.72. The van der Waals surface area contributed by atoms with Gasteiger partial charge < -0.3 is 19.5 Å². The van der Waals surface area contributed by atoms with E-state index in [9.17, 15) is 9.59 Å². The summed E-state index contributed by atoms with van der Waals surface area (Å²) in [5.41, 5.74) is 0.543. The molecule has 1 amide bonds. The Kier molecular flexibility index (Phi) is 5.12. The number of Topliss-reactive ketones (excluding diaryl/α,β-unsaturated/α-hetero) is 1. The molecule has 6 heteroatoms. The van der Waals surface area contributed by atoms with Crippen molar-refractivity contribution in [1.29, 1.82) is 0 Å². The predicted molar refractivity (Wildman–Crippen MR) is 83.0 cm³/mol. The highest BCUT2D eigenvalue weighted by Crippen LogP contribution is 2.31. The van der Waals surface area contributed by atoms with Crippen LogP contribution in [0.1, 0.15) is 36.0 Å². The van der Waals surface area contributed by atoms with Gasteiger partial charge in [-0.1, -0.05) is 0 Å². The molecule has 1 saturated heterocycles. The Balaban J connectivity index is 1.46. The van der Waals surface area contributed by atoms with Crippen molar-refractivity contribution < 1.29 is 23.8 Å². The van der Waals surface area contributed by atoms with Gasteiger partial charge in [-0.05, 0) is 31.0 Å². The van der Waals surface area contributed by atoms with Crippen LogP contribution in [0.5, 0.6) is 11.5 Å². The molecule has 0 unspecified atom stereocenters. The fraction of sp³-hybridized carbons (Fsp3) is 0.529. The summed E-state index contributed by atoms with van der Waals surface area (Å²) in [6, 6.07) is 5.13. The van der Waals surface area contributed by atoms with Crippen LogP contribution < -0.4 is 14.8 Å². The quantitative estimate of drug-likeness (QED) is 0.808. The highest BCUT2D eigenvalue weighted by molar-refractivity contribution is 5.98. The van der Waals surface area contributed by atoms with Crippen molar-refractivity contribution in [2.75, 3.05) is 26.4 Å². The lowest BCUT2D eigenvalue weighted by molar-refractivity contribution is -0.121. The Morgan fingerprint density at radius 2 is 1.91 bits per heavy atom. The normalized spacial score (nSPS) is 19.4. The minimum atomic E-state index is -0.119. The Morgan fingerprint density at radius 1 is 1.09 bits per heavy atom. The van der Waals surface area contributed by atoms with E-state index in [1.54, 1.807) is 18.2 Å². The molecular formula is C17H21NO5. The van der Waals surface area contributed by atoms with Gasteiger partial charge in [-0.15, -0.1) is 0 Å². The van der Waals surface area contributed by atoms with Crippen molar-refractivity contribution in [2.45, 2.75) is 31.8 Å². The molecule has 2 aliphatic rings. The number of benzene rings is 1. The zero-order chi connectivity index (χ0) is 16.1. The maximum Gasteiger partial charge on any atom is 0.220 e.